The van der Waals surface area contributed by atoms with Crippen LogP contribution in [0.1, 0.15) is 0 Å². The van der Waals surface area contributed by atoms with Gasteiger partial charge in [0.2, 0.25) is 0 Å². The van der Waals surface area contributed by atoms with Crippen LogP contribution in [-0.4, -0.2) is 37.7 Å². The van der Waals surface area contributed by atoms with E-state index < -0.39 is 15.6 Å². The van der Waals surface area contributed by atoms with E-state index in [4.69, 9.17) is 0 Å². The Morgan fingerprint density at radius 2 is 1.09 bits per heavy atom. The molecular formula is CaClO7P2-3. The van der Waals surface area contributed by atoms with E-state index in [1.807, 2.05) is 0 Å². The summed E-state index contributed by atoms with van der Waals surface area (Å²) in [5.41, 5.74) is 0. The van der Waals surface area contributed by atoms with Crippen molar-refractivity contribution in [2.24, 2.45) is 0 Å². The zero-order valence-electron chi connectivity index (χ0n) is 4.84. The van der Waals surface area contributed by atoms with Gasteiger partial charge in [0.15, 0.2) is 0 Å². The molecular weight excluding hydrogens is 249 g/mol. The number of hydrogen-bond acceptors (Lipinski definition) is 7. The third-order valence-corrected chi connectivity index (χ3v) is 1.80. The standard InChI is InChI=1S/Ca.ClH.H4O7P2/c;;1-8(2,3)7-9(4,5)6/h;1H;(H2,1,2,3)(H2,4,5,6)/q+2;;/p-5. The van der Waals surface area contributed by atoms with Gasteiger partial charge in [0, 0.05) is 0 Å². The van der Waals surface area contributed by atoms with Crippen LogP contribution in [0.5, 0.6) is 0 Å². The predicted octanol–water partition coefficient (Wildman–Crippen LogP) is -6.72. The van der Waals surface area contributed by atoms with E-state index in [1.165, 1.54) is 0 Å². The molecule has 0 aliphatic rings. The zero-order valence-corrected chi connectivity index (χ0v) is 9.59. The van der Waals surface area contributed by atoms with Crippen molar-refractivity contribution in [2.75, 3.05) is 0 Å². The molecule has 0 saturated heterocycles. The van der Waals surface area contributed by atoms with Gasteiger partial charge in [0.1, 0.15) is 0 Å². The Kier molecular flexibility index (Phi) is 10.6. The van der Waals surface area contributed by atoms with Crippen LogP contribution in [0, 0.1) is 0 Å². The molecule has 0 rings (SSSR count). The van der Waals surface area contributed by atoms with Crippen molar-refractivity contribution in [2.45, 2.75) is 0 Å². The van der Waals surface area contributed by atoms with Gasteiger partial charge >= 0.3 is 37.7 Å². The van der Waals surface area contributed by atoms with Gasteiger partial charge in [-0.15, -0.1) is 0 Å². The molecule has 0 atom stereocenters. The molecule has 0 aromatic heterocycles. The molecule has 0 heterocycles. The topological polar surface area (TPSA) is 136 Å². The molecule has 0 unspecified atom stereocenters. The average molecular weight is 249 g/mol. The average Bonchev–Trinajstić information content (AvgIpc) is 1.14. The summed E-state index contributed by atoms with van der Waals surface area (Å²) in [6.45, 7) is 0. The Morgan fingerprint density at radius 3 is 1.09 bits per heavy atom. The molecule has 7 nitrogen and oxygen atoms in total. The summed E-state index contributed by atoms with van der Waals surface area (Å²) in [6, 6.07) is 0. The van der Waals surface area contributed by atoms with Crippen LogP contribution in [-0.2, 0) is 13.4 Å². The molecule has 0 bridgehead atoms. The Bertz CT molecular complexity index is 157. The molecule has 11 heteroatoms. The van der Waals surface area contributed by atoms with Crippen LogP contribution in [0.3, 0.4) is 0 Å². The molecule has 0 aliphatic heterocycles. The van der Waals surface area contributed by atoms with Crippen molar-refractivity contribution in [3.63, 3.8) is 0 Å². The van der Waals surface area contributed by atoms with E-state index in [0.29, 0.717) is 0 Å². The van der Waals surface area contributed by atoms with E-state index in [2.05, 4.69) is 4.31 Å². The van der Waals surface area contributed by atoms with Gasteiger partial charge in [-0.3, -0.25) is 0 Å². The minimum Gasteiger partial charge on any atom is -1.00 e. The van der Waals surface area contributed by atoms with Crippen LogP contribution in [0.2, 0.25) is 0 Å². The fraction of sp³-hybridized carbons (Fsp3) is 0. The molecule has 0 aliphatic carbocycles. The molecule has 0 N–H and O–H groups in total. The van der Waals surface area contributed by atoms with E-state index in [1.54, 1.807) is 0 Å². The van der Waals surface area contributed by atoms with Crippen molar-refractivity contribution in [3.8, 4) is 0 Å². The molecule has 0 aromatic rings. The molecule has 11 heavy (non-hydrogen) atoms. The Balaban J connectivity index is -0.000000320. The van der Waals surface area contributed by atoms with Crippen molar-refractivity contribution in [1.82, 2.24) is 0 Å². The first-order valence-electron chi connectivity index (χ1n) is 1.46. The van der Waals surface area contributed by atoms with Crippen molar-refractivity contribution < 1.29 is 45.4 Å². The molecule has 0 radical (unpaired) electrons. The van der Waals surface area contributed by atoms with E-state index in [-0.39, 0.29) is 50.1 Å². The monoisotopic (exact) mass is 249 g/mol. The van der Waals surface area contributed by atoms with Crippen molar-refractivity contribution in [3.05, 3.63) is 0 Å². The first-order valence-corrected chi connectivity index (χ1v) is 4.38. The van der Waals surface area contributed by atoms with Crippen LogP contribution in [0.25, 0.3) is 0 Å². The first kappa shape index (κ1) is 18.6. The summed E-state index contributed by atoms with van der Waals surface area (Å²) in [5, 5.41) is 0. The number of halogens is 1. The molecule has 64 valence electrons. The maximum Gasteiger partial charge on any atom is 2.00 e. The maximum absolute atomic E-state index is 9.32. The summed E-state index contributed by atoms with van der Waals surface area (Å²) < 4.78 is 21.2. The SMILES string of the molecule is O=P([O-])([O-])OP(=O)([O-])[O-].[Ca+2].[Cl-]. The quantitative estimate of drug-likeness (QED) is 0.350. The third-order valence-electron chi connectivity index (χ3n) is 0.200. The van der Waals surface area contributed by atoms with Gasteiger partial charge in [-0.1, -0.05) is 0 Å². The Morgan fingerprint density at radius 1 is 0.909 bits per heavy atom. The second-order valence-electron chi connectivity index (χ2n) is 0.976. The van der Waals surface area contributed by atoms with Gasteiger partial charge in [-0.2, -0.15) is 0 Å². The fourth-order valence-electron chi connectivity index (χ4n) is 0.122. The second-order valence-corrected chi connectivity index (χ2v) is 3.42. The van der Waals surface area contributed by atoms with Gasteiger partial charge < -0.3 is 45.4 Å². The summed E-state index contributed by atoms with van der Waals surface area (Å²) in [7, 11) is -11.4. The summed E-state index contributed by atoms with van der Waals surface area (Å²) in [4.78, 5) is 37.3. The van der Waals surface area contributed by atoms with Crippen LogP contribution < -0.4 is 32.0 Å². The van der Waals surface area contributed by atoms with Gasteiger partial charge in [0.25, 0.3) is 0 Å². The van der Waals surface area contributed by atoms with Crippen molar-refractivity contribution >= 4 is 53.4 Å². The minimum absolute atomic E-state index is 0. The second kappa shape index (κ2) is 6.29. The van der Waals surface area contributed by atoms with Crippen LogP contribution >= 0.6 is 15.6 Å². The summed E-state index contributed by atoms with van der Waals surface area (Å²) in [5.74, 6) is 0. The van der Waals surface area contributed by atoms with Crippen LogP contribution in [0.4, 0.5) is 0 Å². The minimum atomic E-state index is -5.68. The number of phosphoric acid groups is 2. The predicted molar refractivity (Wildman–Crippen MR) is 22.1 cm³/mol. The van der Waals surface area contributed by atoms with Gasteiger partial charge in [-0.25, -0.2) is 0 Å². The summed E-state index contributed by atoms with van der Waals surface area (Å²) >= 11 is 0. The van der Waals surface area contributed by atoms with Gasteiger partial charge in [0.05, 0.1) is 15.6 Å². The molecule has 0 spiro atoms. The molecule has 0 amide bonds. The van der Waals surface area contributed by atoms with Crippen molar-refractivity contribution in [1.29, 1.82) is 0 Å². The maximum atomic E-state index is 9.32. The van der Waals surface area contributed by atoms with E-state index in [9.17, 15) is 28.7 Å². The smallest absolute Gasteiger partial charge is 1.00 e. The molecule has 0 fully saturated rings. The van der Waals surface area contributed by atoms with E-state index >= 15 is 0 Å². The van der Waals surface area contributed by atoms with E-state index in [0.717, 1.165) is 0 Å². The summed E-state index contributed by atoms with van der Waals surface area (Å²) in [6.07, 6.45) is 0. The number of hydrogen-bond donors (Lipinski definition) is 0. The third kappa shape index (κ3) is 18.6. The fourth-order valence-corrected chi connectivity index (χ4v) is 1.10. The molecule has 0 saturated carbocycles. The Labute approximate surface area is 98.0 Å². The first-order chi connectivity index (χ1) is 3.71. The zero-order chi connectivity index (χ0) is 7.71. The number of rotatable bonds is 2. The Hall–Kier alpha value is 1.81. The van der Waals surface area contributed by atoms with Crippen LogP contribution in [0.15, 0.2) is 0 Å². The molecule has 0 aromatic carbocycles. The largest absolute Gasteiger partial charge is 2.00 e. The normalized spacial score (nSPS) is 11.3. The van der Waals surface area contributed by atoms with Gasteiger partial charge in [-0.05, 0) is 0 Å².